The van der Waals surface area contributed by atoms with Crippen molar-refractivity contribution in [3.05, 3.63) is 23.8 Å². The van der Waals surface area contributed by atoms with Crippen molar-refractivity contribution in [2.24, 2.45) is 0 Å². The number of ether oxygens (including phenoxy) is 2. The molecule has 0 bridgehead atoms. The van der Waals surface area contributed by atoms with Gasteiger partial charge in [-0.2, -0.15) is 0 Å². The zero-order chi connectivity index (χ0) is 18.9. The fourth-order valence-corrected chi connectivity index (χ4v) is 3.27. The van der Waals surface area contributed by atoms with Crippen LogP contribution >= 0.6 is 0 Å². The Morgan fingerprint density at radius 1 is 1.19 bits per heavy atom. The summed E-state index contributed by atoms with van der Waals surface area (Å²) in [6, 6.07) is 6.03. The van der Waals surface area contributed by atoms with Gasteiger partial charge in [0.15, 0.2) is 11.5 Å². The van der Waals surface area contributed by atoms with E-state index >= 15 is 0 Å². The summed E-state index contributed by atoms with van der Waals surface area (Å²) in [5.74, 6) is 1.41. The second kappa shape index (κ2) is 10.7. The number of hydrogen-bond acceptors (Lipinski definition) is 6. The number of methoxy groups -OCH3 is 1. The molecule has 0 radical (unpaired) electrons. The van der Waals surface area contributed by atoms with Crippen LogP contribution in [0.15, 0.2) is 18.2 Å². The summed E-state index contributed by atoms with van der Waals surface area (Å²) in [4.78, 5) is 6.89. The topological polar surface area (TPSA) is 48.4 Å². The molecule has 0 saturated carbocycles. The van der Waals surface area contributed by atoms with Crippen LogP contribution in [-0.2, 0) is 6.54 Å². The first-order valence-electron chi connectivity index (χ1n) is 9.59. The Morgan fingerprint density at radius 3 is 2.58 bits per heavy atom. The van der Waals surface area contributed by atoms with Crippen LogP contribution in [0.5, 0.6) is 11.5 Å². The highest BCUT2D eigenvalue weighted by Crippen LogP contribution is 2.28. The monoisotopic (exact) mass is 365 g/mol. The van der Waals surface area contributed by atoms with E-state index in [-0.39, 0.29) is 6.61 Å². The number of aliphatic hydroxyl groups is 1. The molecule has 148 valence electrons. The maximum Gasteiger partial charge on any atom is 0.161 e. The van der Waals surface area contributed by atoms with Crippen LogP contribution < -0.4 is 9.47 Å². The molecule has 6 heteroatoms. The molecule has 26 heavy (non-hydrogen) atoms. The van der Waals surface area contributed by atoms with Crippen molar-refractivity contribution in [2.75, 3.05) is 67.1 Å². The molecule has 2 rings (SSSR count). The van der Waals surface area contributed by atoms with E-state index in [0.717, 1.165) is 45.7 Å². The van der Waals surface area contributed by atoms with Gasteiger partial charge in [-0.05, 0) is 44.8 Å². The van der Waals surface area contributed by atoms with Crippen molar-refractivity contribution >= 4 is 0 Å². The highest BCUT2D eigenvalue weighted by atomic mass is 16.5. The lowest BCUT2D eigenvalue weighted by Crippen LogP contribution is -2.47. The van der Waals surface area contributed by atoms with Gasteiger partial charge in [-0.25, -0.2) is 0 Å². The van der Waals surface area contributed by atoms with Crippen molar-refractivity contribution in [1.82, 2.24) is 14.7 Å². The summed E-state index contributed by atoms with van der Waals surface area (Å²) < 4.78 is 11.3. The number of hydrogen-bond donors (Lipinski definition) is 1. The van der Waals surface area contributed by atoms with E-state index in [4.69, 9.17) is 9.47 Å². The summed E-state index contributed by atoms with van der Waals surface area (Å²) in [6.07, 6.45) is 0.628. The molecule has 1 aromatic rings. The minimum atomic E-state index is -0.505. The highest BCUT2D eigenvalue weighted by Gasteiger charge is 2.18. The molecular weight excluding hydrogens is 330 g/mol. The standard InChI is InChI=1S/C20H35N3O3/c1-5-8-22(3)14-17-6-7-19(25-4)20(13-17)26-16-18(24)15-23-11-9-21(2)10-12-23/h6-7,13,18,24H,5,8-12,14-16H2,1-4H3/t18-/m0/s1. The first-order valence-corrected chi connectivity index (χ1v) is 9.59. The Kier molecular flexibility index (Phi) is 8.65. The second-order valence-electron chi connectivity index (χ2n) is 7.29. The number of piperazine rings is 1. The Hall–Kier alpha value is -1.34. The molecule has 1 fully saturated rings. The first kappa shape index (κ1) is 21.0. The van der Waals surface area contributed by atoms with E-state index in [2.05, 4.69) is 41.8 Å². The Labute approximate surface area is 158 Å². The van der Waals surface area contributed by atoms with Crippen molar-refractivity contribution in [3.63, 3.8) is 0 Å². The van der Waals surface area contributed by atoms with Gasteiger partial charge in [0.05, 0.1) is 7.11 Å². The molecule has 0 unspecified atom stereocenters. The van der Waals surface area contributed by atoms with Crippen molar-refractivity contribution < 1.29 is 14.6 Å². The Balaban J connectivity index is 1.88. The van der Waals surface area contributed by atoms with Crippen LogP contribution in [0.3, 0.4) is 0 Å². The van der Waals surface area contributed by atoms with Crippen LogP contribution in [0.1, 0.15) is 18.9 Å². The predicted molar refractivity (Wildman–Crippen MR) is 105 cm³/mol. The molecular formula is C20H35N3O3. The third-order valence-electron chi connectivity index (χ3n) is 4.78. The molecule has 0 aromatic heterocycles. The molecule has 1 N–H and O–H groups in total. The zero-order valence-corrected chi connectivity index (χ0v) is 16.8. The second-order valence-corrected chi connectivity index (χ2v) is 7.29. The van der Waals surface area contributed by atoms with Crippen LogP contribution in [-0.4, -0.2) is 93.0 Å². The summed E-state index contributed by atoms with van der Waals surface area (Å²) in [5, 5.41) is 10.3. The SMILES string of the molecule is CCCN(C)Cc1ccc(OC)c(OC[C@@H](O)CN2CCN(C)CC2)c1. The van der Waals surface area contributed by atoms with Gasteiger partial charge in [-0.1, -0.05) is 13.0 Å². The van der Waals surface area contributed by atoms with E-state index in [1.807, 2.05) is 12.1 Å². The first-order chi connectivity index (χ1) is 12.5. The molecule has 1 heterocycles. The molecule has 0 amide bonds. The van der Waals surface area contributed by atoms with Crippen LogP contribution in [0.2, 0.25) is 0 Å². The van der Waals surface area contributed by atoms with Gasteiger partial charge in [0.2, 0.25) is 0 Å². The lowest BCUT2D eigenvalue weighted by Gasteiger charge is -2.33. The van der Waals surface area contributed by atoms with Gasteiger partial charge in [0, 0.05) is 39.3 Å². The average molecular weight is 366 g/mol. The number of rotatable bonds is 10. The molecule has 1 aliphatic rings. The lowest BCUT2D eigenvalue weighted by molar-refractivity contribution is 0.0497. The normalized spacial score (nSPS) is 17.5. The number of β-amino-alcohol motifs (C(OH)–C–C–N with tert-alkyl or cyclic N) is 1. The van der Waals surface area contributed by atoms with E-state index in [1.165, 1.54) is 5.56 Å². The quantitative estimate of drug-likeness (QED) is 0.679. The molecule has 0 spiro atoms. The van der Waals surface area contributed by atoms with E-state index in [0.29, 0.717) is 18.0 Å². The number of nitrogens with zero attached hydrogens (tertiary/aromatic N) is 3. The predicted octanol–water partition coefficient (Wildman–Crippen LogP) is 1.52. The van der Waals surface area contributed by atoms with Gasteiger partial charge < -0.3 is 24.4 Å². The van der Waals surface area contributed by atoms with Gasteiger partial charge in [-0.15, -0.1) is 0 Å². The van der Waals surface area contributed by atoms with Crippen molar-refractivity contribution in [1.29, 1.82) is 0 Å². The average Bonchev–Trinajstić information content (AvgIpc) is 2.62. The van der Waals surface area contributed by atoms with Gasteiger partial charge >= 0.3 is 0 Å². The molecule has 1 atom stereocenters. The maximum absolute atomic E-state index is 10.3. The van der Waals surface area contributed by atoms with Gasteiger partial charge in [0.1, 0.15) is 12.7 Å². The minimum absolute atomic E-state index is 0.275. The van der Waals surface area contributed by atoms with E-state index in [1.54, 1.807) is 7.11 Å². The third-order valence-corrected chi connectivity index (χ3v) is 4.78. The molecule has 1 aliphatic heterocycles. The van der Waals surface area contributed by atoms with Crippen molar-refractivity contribution in [3.8, 4) is 11.5 Å². The smallest absolute Gasteiger partial charge is 0.161 e. The van der Waals surface area contributed by atoms with E-state index < -0.39 is 6.10 Å². The van der Waals surface area contributed by atoms with Gasteiger partial charge in [0.25, 0.3) is 0 Å². The van der Waals surface area contributed by atoms with Crippen molar-refractivity contribution in [2.45, 2.75) is 26.0 Å². The molecule has 0 aliphatic carbocycles. The molecule has 1 saturated heterocycles. The summed E-state index contributed by atoms with van der Waals surface area (Å²) >= 11 is 0. The highest BCUT2D eigenvalue weighted by molar-refractivity contribution is 5.43. The van der Waals surface area contributed by atoms with Crippen LogP contribution in [0, 0.1) is 0 Å². The third kappa shape index (κ3) is 6.76. The lowest BCUT2D eigenvalue weighted by atomic mass is 10.2. The summed E-state index contributed by atoms with van der Waals surface area (Å²) in [5.41, 5.74) is 1.19. The van der Waals surface area contributed by atoms with Gasteiger partial charge in [-0.3, -0.25) is 4.90 Å². The van der Waals surface area contributed by atoms with E-state index in [9.17, 15) is 5.11 Å². The maximum atomic E-state index is 10.3. The number of likely N-dealkylation sites (N-methyl/N-ethyl adjacent to an activating group) is 1. The Morgan fingerprint density at radius 2 is 1.92 bits per heavy atom. The Bertz CT molecular complexity index is 533. The summed E-state index contributed by atoms with van der Waals surface area (Å²) in [7, 11) is 5.90. The molecule has 6 nitrogen and oxygen atoms in total. The number of aliphatic hydroxyl groups excluding tert-OH is 1. The number of benzene rings is 1. The van der Waals surface area contributed by atoms with Crippen LogP contribution in [0.25, 0.3) is 0 Å². The fraction of sp³-hybridized carbons (Fsp3) is 0.700. The largest absolute Gasteiger partial charge is 0.493 e. The summed E-state index contributed by atoms with van der Waals surface area (Å²) in [6.45, 7) is 9.13. The fourth-order valence-electron chi connectivity index (χ4n) is 3.27. The van der Waals surface area contributed by atoms with Crippen LogP contribution in [0.4, 0.5) is 0 Å². The zero-order valence-electron chi connectivity index (χ0n) is 16.8. The minimum Gasteiger partial charge on any atom is -0.493 e. The molecule has 1 aromatic carbocycles.